The van der Waals surface area contributed by atoms with Crippen molar-refractivity contribution in [1.82, 2.24) is 10.2 Å². The Kier molecular flexibility index (Phi) is 3.76. The quantitative estimate of drug-likeness (QED) is 0.825. The molecule has 2 heterocycles. The van der Waals surface area contributed by atoms with Crippen molar-refractivity contribution in [3.8, 4) is 0 Å². The molecule has 6 heteroatoms. The van der Waals surface area contributed by atoms with Crippen molar-refractivity contribution in [1.29, 1.82) is 0 Å². The van der Waals surface area contributed by atoms with Crippen molar-refractivity contribution in [3.05, 3.63) is 21.9 Å². The second kappa shape index (κ2) is 5.30. The number of hydrogen-bond donors (Lipinski definition) is 1. The first kappa shape index (κ1) is 12.8. The molecular weight excluding hydrogens is 252 g/mol. The van der Waals surface area contributed by atoms with E-state index in [9.17, 15) is 14.4 Å². The Bertz CT molecular complexity index is 479. The highest BCUT2D eigenvalue weighted by Gasteiger charge is 2.28. The highest BCUT2D eigenvalue weighted by atomic mass is 32.1. The molecule has 5 nitrogen and oxygen atoms in total. The van der Waals surface area contributed by atoms with Crippen molar-refractivity contribution < 1.29 is 14.4 Å². The molecule has 1 aromatic rings. The zero-order valence-electron chi connectivity index (χ0n) is 10.1. The molecule has 1 aliphatic rings. The van der Waals surface area contributed by atoms with Crippen molar-refractivity contribution >= 4 is 29.1 Å². The first-order valence-electron chi connectivity index (χ1n) is 5.76. The summed E-state index contributed by atoms with van der Waals surface area (Å²) in [7, 11) is 0. The van der Waals surface area contributed by atoms with Crippen molar-refractivity contribution in [2.24, 2.45) is 0 Å². The number of aryl methyl sites for hydroxylation is 1. The summed E-state index contributed by atoms with van der Waals surface area (Å²) >= 11 is 1.42. The van der Waals surface area contributed by atoms with Crippen LogP contribution in [0.5, 0.6) is 0 Å². The van der Waals surface area contributed by atoms with Gasteiger partial charge in [0.2, 0.25) is 11.8 Å². The molecule has 1 saturated heterocycles. The molecule has 96 valence electrons. The van der Waals surface area contributed by atoms with Gasteiger partial charge in [-0.05, 0) is 19.1 Å². The minimum Gasteiger partial charge on any atom is -0.350 e. The number of thiophene rings is 1. The molecule has 2 rings (SSSR count). The molecule has 0 aliphatic carbocycles. The van der Waals surface area contributed by atoms with Gasteiger partial charge in [-0.3, -0.25) is 19.3 Å². The lowest BCUT2D eigenvalue weighted by molar-refractivity contribution is -0.138. The summed E-state index contributed by atoms with van der Waals surface area (Å²) in [5.74, 6) is -0.463. The molecule has 0 bridgehead atoms. The van der Waals surface area contributed by atoms with E-state index < -0.39 is 0 Å². The lowest BCUT2D eigenvalue weighted by atomic mass is 10.4. The maximum absolute atomic E-state index is 11.7. The van der Waals surface area contributed by atoms with Gasteiger partial charge in [0.1, 0.15) is 0 Å². The minimum atomic E-state index is -0.160. The van der Waals surface area contributed by atoms with E-state index in [1.807, 2.05) is 13.0 Å². The van der Waals surface area contributed by atoms with E-state index in [-0.39, 0.29) is 37.1 Å². The van der Waals surface area contributed by atoms with Crippen LogP contribution in [0.15, 0.2) is 12.1 Å². The van der Waals surface area contributed by atoms with E-state index in [4.69, 9.17) is 0 Å². The summed E-state index contributed by atoms with van der Waals surface area (Å²) in [6, 6.07) is 3.65. The Morgan fingerprint density at radius 2 is 2.00 bits per heavy atom. The Balaban J connectivity index is 1.80. The fourth-order valence-electron chi connectivity index (χ4n) is 1.80. The topological polar surface area (TPSA) is 66.5 Å². The number of nitrogens with zero attached hydrogens (tertiary/aromatic N) is 1. The molecule has 1 aromatic heterocycles. The number of imide groups is 1. The van der Waals surface area contributed by atoms with Gasteiger partial charge in [-0.1, -0.05) is 0 Å². The number of hydrogen-bond acceptors (Lipinski definition) is 4. The number of nitrogens with one attached hydrogen (secondary N) is 1. The maximum atomic E-state index is 11.7. The number of rotatable bonds is 4. The minimum absolute atomic E-state index is 0.152. The molecule has 0 unspecified atom stereocenters. The van der Waals surface area contributed by atoms with Gasteiger partial charge in [0, 0.05) is 30.8 Å². The molecule has 1 N–H and O–H groups in total. The van der Waals surface area contributed by atoms with Gasteiger partial charge >= 0.3 is 0 Å². The summed E-state index contributed by atoms with van der Waals surface area (Å²) in [6.07, 6.45) is 0.577. The predicted molar refractivity (Wildman–Crippen MR) is 67.3 cm³/mol. The third-order valence-electron chi connectivity index (χ3n) is 2.74. The van der Waals surface area contributed by atoms with E-state index in [2.05, 4.69) is 5.32 Å². The third-order valence-corrected chi connectivity index (χ3v) is 3.74. The van der Waals surface area contributed by atoms with Crippen LogP contribution < -0.4 is 5.32 Å². The molecule has 0 atom stereocenters. The molecule has 1 fully saturated rings. The third kappa shape index (κ3) is 2.76. The second-order valence-electron chi connectivity index (χ2n) is 4.11. The largest absolute Gasteiger partial charge is 0.350 e. The molecule has 0 radical (unpaired) electrons. The summed E-state index contributed by atoms with van der Waals surface area (Å²) < 4.78 is 0. The van der Waals surface area contributed by atoms with Gasteiger partial charge in [-0.2, -0.15) is 0 Å². The second-order valence-corrected chi connectivity index (χ2v) is 5.39. The SMILES string of the molecule is Cc1ccc(C(=O)NCCN2C(=O)CCC2=O)s1. The van der Waals surface area contributed by atoms with Crippen molar-refractivity contribution in [2.45, 2.75) is 19.8 Å². The van der Waals surface area contributed by atoms with Crippen LogP contribution in [-0.2, 0) is 9.59 Å². The van der Waals surface area contributed by atoms with Crippen molar-refractivity contribution in [2.75, 3.05) is 13.1 Å². The van der Waals surface area contributed by atoms with Gasteiger partial charge in [0.25, 0.3) is 5.91 Å². The van der Waals surface area contributed by atoms with Crippen molar-refractivity contribution in [3.63, 3.8) is 0 Å². The van der Waals surface area contributed by atoms with E-state index in [1.54, 1.807) is 6.07 Å². The molecule has 1 aliphatic heterocycles. The molecule has 3 amide bonds. The lowest BCUT2D eigenvalue weighted by Crippen LogP contribution is -2.37. The highest BCUT2D eigenvalue weighted by Crippen LogP contribution is 2.14. The van der Waals surface area contributed by atoms with Crippen LogP contribution in [0.25, 0.3) is 0 Å². The molecule has 0 aromatic carbocycles. The Labute approximate surface area is 109 Å². The van der Waals surface area contributed by atoms with Gasteiger partial charge < -0.3 is 5.32 Å². The van der Waals surface area contributed by atoms with Crippen LogP contribution in [0.3, 0.4) is 0 Å². The van der Waals surface area contributed by atoms with E-state index >= 15 is 0 Å². The average Bonchev–Trinajstić information content (AvgIpc) is 2.89. The monoisotopic (exact) mass is 266 g/mol. The first-order chi connectivity index (χ1) is 8.58. The van der Waals surface area contributed by atoms with Crippen LogP contribution in [-0.4, -0.2) is 35.7 Å². The van der Waals surface area contributed by atoms with E-state index in [0.29, 0.717) is 11.4 Å². The molecule has 18 heavy (non-hydrogen) atoms. The Morgan fingerprint density at radius 3 is 2.56 bits per heavy atom. The Morgan fingerprint density at radius 1 is 1.33 bits per heavy atom. The van der Waals surface area contributed by atoms with Crippen LogP contribution in [0, 0.1) is 6.92 Å². The lowest BCUT2D eigenvalue weighted by Gasteiger charge is -2.13. The summed E-state index contributed by atoms with van der Waals surface area (Å²) in [5.41, 5.74) is 0. The molecule has 0 spiro atoms. The average molecular weight is 266 g/mol. The normalized spacial score (nSPS) is 15.3. The van der Waals surface area contributed by atoms with Crippen LogP contribution in [0.1, 0.15) is 27.4 Å². The van der Waals surface area contributed by atoms with E-state index in [0.717, 1.165) is 4.88 Å². The van der Waals surface area contributed by atoms with Crippen LogP contribution in [0.2, 0.25) is 0 Å². The number of amides is 3. The first-order valence-corrected chi connectivity index (χ1v) is 6.57. The summed E-state index contributed by atoms with van der Waals surface area (Å²) in [6.45, 7) is 2.49. The highest BCUT2D eigenvalue weighted by molar-refractivity contribution is 7.13. The van der Waals surface area contributed by atoms with Gasteiger partial charge in [0.15, 0.2) is 0 Å². The standard InChI is InChI=1S/C12H14N2O3S/c1-8-2-3-9(18-8)12(17)13-6-7-14-10(15)4-5-11(14)16/h2-3H,4-7H2,1H3,(H,13,17). The smallest absolute Gasteiger partial charge is 0.261 e. The van der Waals surface area contributed by atoms with Gasteiger partial charge in [-0.25, -0.2) is 0 Å². The summed E-state index contributed by atoms with van der Waals surface area (Å²) in [4.78, 5) is 37.3. The van der Waals surface area contributed by atoms with Crippen LogP contribution >= 0.6 is 11.3 Å². The van der Waals surface area contributed by atoms with E-state index in [1.165, 1.54) is 16.2 Å². The number of likely N-dealkylation sites (tertiary alicyclic amines) is 1. The zero-order valence-corrected chi connectivity index (χ0v) is 10.9. The number of carbonyl (C=O) groups excluding carboxylic acids is 3. The predicted octanol–water partition coefficient (Wildman–Crippen LogP) is 0.935. The zero-order chi connectivity index (χ0) is 13.1. The van der Waals surface area contributed by atoms with Crippen LogP contribution in [0.4, 0.5) is 0 Å². The van der Waals surface area contributed by atoms with Gasteiger partial charge in [-0.15, -0.1) is 11.3 Å². The Hall–Kier alpha value is -1.69. The molecular formula is C12H14N2O3S. The fourth-order valence-corrected chi connectivity index (χ4v) is 2.58. The molecule has 0 saturated carbocycles. The van der Waals surface area contributed by atoms with Gasteiger partial charge in [0.05, 0.1) is 4.88 Å². The fraction of sp³-hybridized carbons (Fsp3) is 0.417. The maximum Gasteiger partial charge on any atom is 0.261 e. The number of carbonyl (C=O) groups is 3. The summed E-state index contributed by atoms with van der Waals surface area (Å²) in [5, 5.41) is 2.71.